The van der Waals surface area contributed by atoms with Crippen LogP contribution >= 0.6 is 0 Å². The Balaban J connectivity index is 1.47. The summed E-state index contributed by atoms with van der Waals surface area (Å²) in [5, 5.41) is 3.09. The number of hydrogen-bond donors (Lipinski definition) is 1. The molecule has 1 aliphatic carbocycles. The Morgan fingerprint density at radius 2 is 1.68 bits per heavy atom. The standard InChI is InChI=1S/C22H26F3N5O/c1-29(2)21(12-16-6-4-3-5-7-16)10-8-20(9-11-21)15-30(19(31)28-20)17-13-26-18(27-14-17)22(23,24)25/h3-7,13-14H,8-12,15H2,1-2H3,(H,28,31)/t20-,21+. The molecular weight excluding hydrogens is 407 g/mol. The van der Waals surface area contributed by atoms with Crippen LogP contribution in [-0.2, 0) is 12.6 Å². The molecule has 2 aliphatic rings. The monoisotopic (exact) mass is 433 g/mol. The first kappa shape index (κ1) is 21.5. The predicted molar refractivity (Wildman–Crippen MR) is 111 cm³/mol. The van der Waals surface area contributed by atoms with Crippen molar-refractivity contribution in [2.45, 2.75) is 49.4 Å². The van der Waals surface area contributed by atoms with E-state index in [0.29, 0.717) is 6.54 Å². The number of amides is 2. The summed E-state index contributed by atoms with van der Waals surface area (Å²) in [4.78, 5) is 23.2. The van der Waals surface area contributed by atoms with Gasteiger partial charge < -0.3 is 10.2 Å². The Morgan fingerprint density at radius 3 is 2.23 bits per heavy atom. The van der Waals surface area contributed by atoms with Crippen LogP contribution in [0.15, 0.2) is 42.7 Å². The van der Waals surface area contributed by atoms with Crippen LogP contribution in [0.5, 0.6) is 0 Å². The van der Waals surface area contributed by atoms with Gasteiger partial charge >= 0.3 is 12.2 Å². The summed E-state index contributed by atoms with van der Waals surface area (Å²) in [6.07, 6.45) is 1.86. The van der Waals surface area contributed by atoms with Crippen LogP contribution in [-0.4, -0.2) is 52.6 Å². The van der Waals surface area contributed by atoms with E-state index in [1.165, 1.54) is 10.5 Å². The molecule has 0 radical (unpaired) electrons. The quantitative estimate of drug-likeness (QED) is 0.795. The fraction of sp³-hybridized carbons (Fsp3) is 0.500. The third-order valence-corrected chi connectivity index (χ3v) is 6.74. The van der Waals surface area contributed by atoms with Gasteiger partial charge in [-0.25, -0.2) is 14.8 Å². The normalized spacial score (nSPS) is 26.5. The molecule has 0 unspecified atom stereocenters. The lowest BCUT2D eigenvalue weighted by Gasteiger charge is -2.48. The largest absolute Gasteiger partial charge is 0.451 e. The molecule has 1 aliphatic heterocycles. The van der Waals surface area contributed by atoms with Crippen LogP contribution in [0.25, 0.3) is 0 Å². The summed E-state index contributed by atoms with van der Waals surface area (Å²) in [5.41, 5.74) is 1.17. The summed E-state index contributed by atoms with van der Waals surface area (Å²) in [5.74, 6) is -1.21. The Labute approximate surface area is 179 Å². The second kappa shape index (κ2) is 7.78. The molecule has 1 N–H and O–H groups in total. The maximum absolute atomic E-state index is 12.7. The number of nitrogens with one attached hydrogen (secondary N) is 1. The van der Waals surface area contributed by atoms with Crippen molar-refractivity contribution in [2.75, 3.05) is 25.5 Å². The molecule has 9 heteroatoms. The van der Waals surface area contributed by atoms with E-state index >= 15 is 0 Å². The highest BCUT2D eigenvalue weighted by Gasteiger charge is 2.50. The van der Waals surface area contributed by atoms with Crippen LogP contribution < -0.4 is 10.2 Å². The van der Waals surface area contributed by atoms with E-state index in [2.05, 4.69) is 46.4 Å². The topological polar surface area (TPSA) is 61.4 Å². The summed E-state index contributed by atoms with van der Waals surface area (Å²) >= 11 is 0. The summed E-state index contributed by atoms with van der Waals surface area (Å²) < 4.78 is 38.2. The van der Waals surface area contributed by atoms with Crippen molar-refractivity contribution in [3.8, 4) is 0 Å². The average molecular weight is 433 g/mol. The number of halogens is 3. The summed E-state index contributed by atoms with van der Waals surface area (Å²) in [6, 6.07) is 10.1. The summed E-state index contributed by atoms with van der Waals surface area (Å²) in [7, 11) is 4.19. The highest BCUT2D eigenvalue weighted by atomic mass is 19.4. The first-order valence-electron chi connectivity index (χ1n) is 10.3. The van der Waals surface area contributed by atoms with Crippen molar-refractivity contribution in [3.05, 3.63) is 54.1 Å². The van der Waals surface area contributed by atoms with Gasteiger partial charge in [-0.15, -0.1) is 0 Å². The van der Waals surface area contributed by atoms with Crippen molar-refractivity contribution in [1.29, 1.82) is 0 Å². The molecule has 1 aromatic carbocycles. The van der Waals surface area contributed by atoms with Gasteiger partial charge in [0, 0.05) is 5.54 Å². The lowest BCUT2D eigenvalue weighted by molar-refractivity contribution is -0.144. The van der Waals surface area contributed by atoms with Crippen LogP contribution in [0.2, 0.25) is 0 Å². The van der Waals surface area contributed by atoms with Gasteiger partial charge in [0.1, 0.15) is 0 Å². The number of likely N-dealkylation sites (N-methyl/N-ethyl adjacent to an activating group) is 1. The molecule has 0 atom stereocenters. The van der Waals surface area contributed by atoms with Gasteiger partial charge in [-0.05, 0) is 51.8 Å². The number of carbonyl (C=O) groups is 1. The number of anilines is 1. The lowest BCUT2D eigenvalue weighted by atomic mass is 9.69. The lowest BCUT2D eigenvalue weighted by Crippen LogP contribution is -2.56. The third kappa shape index (κ3) is 4.23. The fourth-order valence-electron chi connectivity index (χ4n) is 4.76. The van der Waals surface area contributed by atoms with Gasteiger partial charge in [0.05, 0.1) is 30.2 Å². The molecule has 2 heterocycles. The van der Waals surface area contributed by atoms with E-state index in [1.807, 2.05) is 18.2 Å². The number of nitrogens with zero attached hydrogens (tertiary/aromatic N) is 4. The highest BCUT2D eigenvalue weighted by Crippen LogP contribution is 2.42. The zero-order chi connectivity index (χ0) is 22.3. The van der Waals surface area contributed by atoms with Crippen LogP contribution in [0, 0.1) is 0 Å². The van der Waals surface area contributed by atoms with E-state index in [0.717, 1.165) is 44.5 Å². The smallest absolute Gasteiger partial charge is 0.330 e. The average Bonchev–Trinajstić information content (AvgIpc) is 3.06. The number of carbonyl (C=O) groups excluding carboxylic acids is 1. The minimum absolute atomic E-state index is 0.00220. The minimum atomic E-state index is -4.61. The number of hydrogen-bond acceptors (Lipinski definition) is 4. The number of aromatic nitrogens is 2. The van der Waals surface area contributed by atoms with Gasteiger partial charge in [0.25, 0.3) is 0 Å². The zero-order valence-corrected chi connectivity index (χ0v) is 17.6. The number of benzene rings is 1. The van der Waals surface area contributed by atoms with Gasteiger partial charge in [-0.3, -0.25) is 4.90 Å². The van der Waals surface area contributed by atoms with Crippen molar-refractivity contribution in [3.63, 3.8) is 0 Å². The number of rotatable bonds is 4. The van der Waals surface area contributed by atoms with Crippen molar-refractivity contribution >= 4 is 11.7 Å². The third-order valence-electron chi connectivity index (χ3n) is 6.74. The molecule has 6 nitrogen and oxygen atoms in total. The number of urea groups is 1. The first-order valence-corrected chi connectivity index (χ1v) is 10.3. The second-order valence-corrected chi connectivity index (χ2v) is 8.84. The molecule has 2 aromatic rings. The van der Waals surface area contributed by atoms with Crippen LogP contribution in [0.4, 0.5) is 23.7 Å². The van der Waals surface area contributed by atoms with E-state index in [1.54, 1.807) is 0 Å². The van der Waals surface area contributed by atoms with Gasteiger partial charge in [-0.1, -0.05) is 30.3 Å². The molecule has 2 fully saturated rings. The first-order chi connectivity index (χ1) is 14.6. The molecule has 1 spiro atoms. The highest BCUT2D eigenvalue weighted by molar-refractivity contribution is 5.95. The summed E-state index contributed by atoms with van der Waals surface area (Å²) in [6.45, 7) is 0.398. The van der Waals surface area contributed by atoms with E-state index < -0.39 is 17.5 Å². The minimum Gasteiger partial charge on any atom is -0.330 e. The van der Waals surface area contributed by atoms with Gasteiger partial charge in [0.2, 0.25) is 5.82 Å². The molecule has 2 amide bonds. The van der Waals surface area contributed by atoms with Crippen molar-refractivity contribution < 1.29 is 18.0 Å². The van der Waals surface area contributed by atoms with E-state index in [4.69, 9.17) is 0 Å². The molecule has 1 saturated carbocycles. The van der Waals surface area contributed by atoms with E-state index in [9.17, 15) is 18.0 Å². The molecule has 1 aromatic heterocycles. The van der Waals surface area contributed by atoms with Crippen LogP contribution in [0.3, 0.4) is 0 Å². The van der Waals surface area contributed by atoms with Gasteiger partial charge in [0.15, 0.2) is 0 Å². The van der Waals surface area contributed by atoms with Crippen molar-refractivity contribution in [2.24, 2.45) is 0 Å². The molecule has 4 rings (SSSR count). The Kier molecular flexibility index (Phi) is 5.41. The maximum Gasteiger partial charge on any atom is 0.451 e. The van der Waals surface area contributed by atoms with E-state index in [-0.39, 0.29) is 17.3 Å². The Bertz CT molecular complexity index is 922. The van der Waals surface area contributed by atoms with Crippen molar-refractivity contribution in [1.82, 2.24) is 20.2 Å². The molecule has 166 valence electrons. The maximum atomic E-state index is 12.7. The second-order valence-electron chi connectivity index (χ2n) is 8.84. The Morgan fingerprint density at radius 1 is 1.06 bits per heavy atom. The zero-order valence-electron chi connectivity index (χ0n) is 17.6. The van der Waals surface area contributed by atoms with Gasteiger partial charge in [-0.2, -0.15) is 13.2 Å². The molecule has 1 saturated heterocycles. The molecular formula is C22H26F3N5O. The number of alkyl halides is 3. The molecule has 31 heavy (non-hydrogen) atoms. The SMILES string of the molecule is CN(C)[C@]1(Cc2ccccc2)CC[C@]2(CC1)CN(c1cnc(C(F)(F)F)nc1)C(=O)N2. The Hall–Kier alpha value is -2.68. The molecule has 0 bridgehead atoms. The van der Waals surface area contributed by atoms with Crippen LogP contribution in [0.1, 0.15) is 37.1 Å². The predicted octanol–water partition coefficient (Wildman–Crippen LogP) is 3.88. The fourth-order valence-corrected chi connectivity index (χ4v) is 4.76.